The number of nitriles is 1. The van der Waals surface area contributed by atoms with E-state index in [1.54, 1.807) is 0 Å². The van der Waals surface area contributed by atoms with Crippen LogP contribution < -0.4 is 5.43 Å². The van der Waals surface area contributed by atoms with Crippen LogP contribution in [0.2, 0.25) is 0 Å². The molecular weight excluding hydrogens is 130 g/mol. The molecular formula is C6H7N3O. The average molecular weight is 137 g/mol. The lowest BCUT2D eigenvalue weighted by Crippen LogP contribution is -2.21. The SMILES string of the molecule is CCC1=NNC(=O)C1C#N. The molecule has 52 valence electrons. The first-order valence-corrected chi connectivity index (χ1v) is 3.05. The van der Waals surface area contributed by atoms with Crippen LogP contribution in [0.1, 0.15) is 13.3 Å². The summed E-state index contributed by atoms with van der Waals surface area (Å²) in [6, 6.07) is 1.87. The molecule has 4 nitrogen and oxygen atoms in total. The zero-order valence-electron chi connectivity index (χ0n) is 5.59. The number of rotatable bonds is 1. The summed E-state index contributed by atoms with van der Waals surface area (Å²) >= 11 is 0. The Morgan fingerprint density at radius 2 is 2.60 bits per heavy atom. The van der Waals surface area contributed by atoms with Crippen molar-refractivity contribution >= 4 is 11.6 Å². The molecule has 0 aliphatic carbocycles. The molecule has 4 heteroatoms. The molecule has 0 spiro atoms. The quantitative estimate of drug-likeness (QED) is 0.553. The number of carbonyl (C=O) groups is 1. The van der Waals surface area contributed by atoms with Crippen molar-refractivity contribution in [3.05, 3.63) is 0 Å². The van der Waals surface area contributed by atoms with Crippen LogP contribution in [0.15, 0.2) is 5.10 Å². The molecule has 0 saturated heterocycles. The third-order valence-electron chi connectivity index (χ3n) is 1.40. The summed E-state index contributed by atoms with van der Waals surface area (Å²) in [5.74, 6) is -0.954. The van der Waals surface area contributed by atoms with Gasteiger partial charge in [0, 0.05) is 0 Å². The van der Waals surface area contributed by atoms with E-state index in [4.69, 9.17) is 5.26 Å². The van der Waals surface area contributed by atoms with Gasteiger partial charge < -0.3 is 0 Å². The van der Waals surface area contributed by atoms with Crippen molar-refractivity contribution in [1.82, 2.24) is 5.43 Å². The standard InChI is InChI=1S/C6H7N3O/c1-2-5-4(3-7)6(10)9-8-5/h4H,2H2,1H3,(H,9,10). The molecule has 0 aromatic rings. The van der Waals surface area contributed by atoms with E-state index in [1.807, 2.05) is 13.0 Å². The molecule has 1 aliphatic rings. The minimum atomic E-state index is -0.648. The van der Waals surface area contributed by atoms with Gasteiger partial charge in [-0.2, -0.15) is 10.4 Å². The Bertz CT molecular complexity index is 226. The largest absolute Gasteiger partial charge is 0.271 e. The number of hydrazone groups is 1. The van der Waals surface area contributed by atoms with Crippen molar-refractivity contribution < 1.29 is 4.79 Å². The monoisotopic (exact) mass is 137 g/mol. The Morgan fingerprint density at radius 3 is 3.00 bits per heavy atom. The maximum absolute atomic E-state index is 10.7. The van der Waals surface area contributed by atoms with Gasteiger partial charge in [-0.1, -0.05) is 6.92 Å². The van der Waals surface area contributed by atoms with Gasteiger partial charge in [-0.15, -0.1) is 0 Å². The van der Waals surface area contributed by atoms with Crippen molar-refractivity contribution in [2.45, 2.75) is 13.3 Å². The van der Waals surface area contributed by atoms with Gasteiger partial charge in [-0.3, -0.25) is 4.79 Å². The lowest BCUT2D eigenvalue weighted by atomic mass is 10.0. The number of nitrogens with one attached hydrogen (secondary N) is 1. The molecule has 0 bridgehead atoms. The van der Waals surface area contributed by atoms with Gasteiger partial charge in [0.05, 0.1) is 11.8 Å². The molecule has 1 aliphatic heterocycles. The van der Waals surface area contributed by atoms with Crippen molar-refractivity contribution in [3.8, 4) is 6.07 Å². The van der Waals surface area contributed by atoms with Crippen molar-refractivity contribution in [2.75, 3.05) is 0 Å². The molecule has 1 rings (SSSR count). The highest BCUT2D eigenvalue weighted by Crippen LogP contribution is 2.07. The van der Waals surface area contributed by atoms with E-state index in [2.05, 4.69) is 10.5 Å². The Morgan fingerprint density at radius 1 is 1.90 bits per heavy atom. The van der Waals surface area contributed by atoms with Crippen LogP contribution in [0.5, 0.6) is 0 Å². The highest BCUT2D eigenvalue weighted by molar-refractivity contribution is 6.10. The molecule has 1 amide bonds. The van der Waals surface area contributed by atoms with E-state index in [0.717, 1.165) is 0 Å². The molecule has 10 heavy (non-hydrogen) atoms. The summed E-state index contributed by atoms with van der Waals surface area (Å²) in [7, 11) is 0. The number of hydrogen-bond donors (Lipinski definition) is 1. The Kier molecular flexibility index (Phi) is 1.67. The Hall–Kier alpha value is -1.37. The second-order valence-corrected chi connectivity index (χ2v) is 1.99. The third-order valence-corrected chi connectivity index (χ3v) is 1.40. The highest BCUT2D eigenvalue weighted by atomic mass is 16.2. The summed E-state index contributed by atoms with van der Waals surface area (Å²) in [6.07, 6.45) is 0.650. The maximum Gasteiger partial charge on any atom is 0.263 e. The summed E-state index contributed by atoms with van der Waals surface area (Å²) < 4.78 is 0. The summed E-state index contributed by atoms with van der Waals surface area (Å²) in [5, 5.41) is 12.1. The van der Waals surface area contributed by atoms with Gasteiger partial charge in [0.2, 0.25) is 0 Å². The van der Waals surface area contributed by atoms with Gasteiger partial charge in [0.15, 0.2) is 5.92 Å². The van der Waals surface area contributed by atoms with E-state index in [-0.39, 0.29) is 5.91 Å². The summed E-state index contributed by atoms with van der Waals surface area (Å²) in [4.78, 5) is 10.7. The normalized spacial score (nSPS) is 23.4. The summed E-state index contributed by atoms with van der Waals surface area (Å²) in [5.41, 5.74) is 2.88. The topological polar surface area (TPSA) is 65.2 Å². The fraction of sp³-hybridized carbons (Fsp3) is 0.500. The number of amides is 1. The maximum atomic E-state index is 10.7. The smallest absolute Gasteiger partial charge is 0.263 e. The second kappa shape index (κ2) is 2.48. The first-order chi connectivity index (χ1) is 4.79. The Labute approximate surface area is 58.5 Å². The van der Waals surface area contributed by atoms with Crippen LogP contribution in [0.3, 0.4) is 0 Å². The van der Waals surface area contributed by atoms with Crippen LogP contribution in [0, 0.1) is 17.2 Å². The fourth-order valence-corrected chi connectivity index (χ4v) is 0.824. The first kappa shape index (κ1) is 6.75. The number of nitrogens with zero attached hydrogens (tertiary/aromatic N) is 2. The number of hydrogen-bond acceptors (Lipinski definition) is 3. The van der Waals surface area contributed by atoms with E-state index in [9.17, 15) is 4.79 Å². The molecule has 1 N–H and O–H groups in total. The average Bonchev–Trinajstić information content (AvgIpc) is 2.30. The highest BCUT2D eigenvalue weighted by Gasteiger charge is 2.27. The van der Waals surface area contributed by atoms with Crippen LogP contribution in [0.4, 0.5) is 0 Å². The first-order valence-electron chi connectivity index (χ1n) is 3.05. The molecule has 1 heterocycles. The van der Waals surface area contributed by atoms with Gasteiger partial charge in [-0.05, 0) is 6.42 Å². The van der Waals surface area contributed by atoms with Crippen molar-refractivity contribution in [2.24, 2.45) is 11.0 Å². The molecule has 0 radical (unpaired) electrons. The predicted octanol–water partition coefficient (Wildman–Crippen LogP) is 0.0220. The second-order valence-electron chi connectivity index (χ2n) is 1.99. The zero-order chi connectivity index (χ0) is 7.56. The lowest BCUT2D eigenvalue weighted by molar-refractivity contribution is -0.120. The molecule has 1 unspecified atom stereocenters. The van der Waals surface area contributed by atoms with Gasteiger partial charge in [0.25, 0.3) is 5.91 Å². The van der Waals surface area contributed by atoms with Gasteiger partial charge in [-0.25, -0.2) is 5.43 Å². The van der Waals surface area contributed by atoms with Crippen LogP contribution in [-0.2, 0) is 4.79 Å². The van der Waals surface area contributed by atoms with E-state index < -0.39 is 5.92 Å². The molecule has 0 saturated carbocycles. The third kappa shape index (κ3) is 0.860. The minimum Gasteiger partial charge on any atom is -0.271 e. The van der Waals surface area contributed by atoms with Gasteiger partial charge in [0.1, 0.15) is 0 Å². The molecule has 0 fully saturated rings. The van der Waals surface area contributed by atoms with Crippen LogP contribution in [0.25, 0.3) is 0 Å². The van der Waals surface area contributed by atoms with E-state index in [1.165, 1.54) is 0 Å². The van der Waals surface area contributed by atoms with E-state index >= 15 is 0 Å². The van der Waals surface area contributed by atoms with Gasteiger partial charge >= 0.3 is 0 Å². The fourth-order valence-electron chi connectivity index (χ4n) is 0.824. The summed E-state index contributed by atoms with van der Waals surface area (Å²) in [6.45, 7) is 1.86. The lowest BCUT2D eigenvalue weighted by Gasteiger charge is -1.94. The minimum absolute atomic E-state index is 0.306. The van der Waals surface area contributed by atoms with Crippen molar-refractivity contribution in [3.63, 3.8) is 0 Å². The number of carbonyl (C=O) groups excluding carboxylic acids is 1. The predicted molar refractivity (Wildman–Crippen MR) is 35.0 cm³/mol. The van der Waals surface area contributed by atoms with Crippen molar-refractivity contribution in [1.29, 1.82) is 5.26 Å². The molecule has 1 atom stereocenters. The van der Waals surface area contributed by atoms with Crippen LogP contribution >= 0.6 is 0 Å². The Balaban J connectivity index is 2.78. The van der Waals surface area contributed by atoms with Crippen LogP contribution in [-0.4, -0.2) is 11.6 Å². The molecule has 0 aromatic heterocycles. The van der Waals surface area contributed by atoms with E-state index in [0.29, 0.717) is 12.1 Å². The zero-order valence-corrected chi connectivity index (χ0v) is 5.59. The molecule has 0 aromatic carbocycles.